The first-order valence-electron chi connectivity index (χ1n) is 9.55. The summed E-state index contributed by atoms with van der Waals surface area (Å²) in [5.74, 6) is 1.69. The molecule has 1 saturated heterocycles. The van der Waals surface area contributed by atoms with E-state index in [0.717, 1.165) is 42.3 Å². The molecule has 1 atom stereocenters. The van der Waals surface area contributed by atoms with Crippen LogP contribution in [0.3, 0.4) is 0 Å². The van der Waals surface area contributed by atoms with Gasteiger partial charge in [-0.3, -0.25) is 9.69 Å². The molecule has 2 aromatic carbocycles. The summed E-state index contributed by atoms with van der Waals surface area (Å²) in [5.41, 5.74) is 1.99. The minimum atomic E-state index is 0.0706. The van der Waals surface area contributed by atoms with Gasteiger partial charge in [-0.2, -0.15) is 0 Å². The molecular weight excluding hydrogens is 362 g/mol. The standard InChI is InChI=1S/C22H24ClNO3/c1-15(16-2-5-19(23)6-3-16)24-10-8-17(9-11-24)22(25)18-4-7-20-21(14-18)27-13-12-26-20/h2-7,14-15,17H,8-13H2,1H3. The van der Waals surface area contributed by atoms with Crippen LogP contribution in [0.2, 0.25) is 5.02 Å². The lowest BCUT2D eigenvalue weighted by Crippen LogP contribution is -2.38. The lowest BCUT2D eigenvalue weighted by atomic mass is 9.88. The number of nitrogens with zero attached hydrogens (tertiary/aromatic N) is 1. The lowest BCUT2D eigenvalue weighted by molar-refractivity contribution is 0.0800. The number of hydrogen-bond acceptors (Lipinski definition) is 4. The molecule has 4 rings (SSSR count). The Bertz CT molecular complexity index is 813. The first-order valence-corrected chi connectivity index (χ1v) is 9.93. The molecular formula is C22H24ClNO3. The van der Waals surface area contributed by atoms with Gasteiger partial charge in [0.05, 0.1) is 0 Å². The van der Waals surface area contributed by atoms with Gasteiger partial charge in [-0.25, -0.2) is 0 Å². The van der Waals surface area contributed by atoms with E-state index in [-0.39, 0.29) is 11.7 Å². The number of carbonyl (C=O) groups is 1. The molecule has 1 unspecified atom stereocenters. The highest BCUT2D eigenvalue weighted by Gasteiger charge is 2.29. The van der Waals surface area contributed by atoms with Crippen LogP contribution in [0.25, 0.3) is 0 Å². The summed E-state index contributed by atoms with van der Waals surface area (Å²) in [6.45, 7) is 5.15. The van der Waals surface area contributed by atoms with Crippen molar-refractivity contribution < 1.29 is 14.3 Å². The summed E-state index contributed by atoms with van der Waals surface area (Å²) in [4.78, 5) is 15.4. The zero-order valence-corrected chi connectivity index (χ0v) is 16.2. The molecule has 2 aromatic rings. The molecule has 27 heavy (non-hydrogen) atoms. The number of benzene rings is 2. The molecule has 0 saturated carbocycles. The zero-order chi connectivity index (χ0) is 18.8. The average molecular weight is 386 g/mol. The summed E-state index contributed by atoms with van der Waals surface area (Å²) in [6.07, 6.45) is 1.76. The Morgan fingerprint density at radius 2 is 1.70 bits per heavy atom. The highest BCUT2D eigenvalue weighted by atomic mass is 35.5. The molecule has 0 aromatic heterocycles. The second-order valence-electron chi connectivity index (χ2n) is 7.26. The fraction of sp³-hybridized carbons (Fsp3) is 0.409. The Labute approximate surface area is 165 Å². The van der Waals surface area contributed by atoms with Crippen molar-refractivity contribution >= 4 is 17.4 Å². The van der Waals surface area contributed by atoms with Gasteiger partial charge in [-0.15, -0.1) is 0 Å². The van der Waals surface area contributed by atoms with Gasteiger partial charge in [0.25, 0.3) is 0 Å². The van der Waals surface area contributed by atoms with Crippen molar-refractivity contribution in [3.05, 3.63) is 58.6 Å². The van der Waals surface area contributed by atoms with Crippen molar-refractivity contribution in [2.45, 2.75) is 25.8 Å². The third-order valence-electron chi connectivity index (χ3n) is 5.63. The van der Waals surface area contributed by atoms with E-state index in [1.807, 2.05) is 30.3 Å². The SMILES string of the molecule is CC(c1ccc(Cl)cc1)N1CCC(C(=O)c2ccc3c(c2)OCCO3)CC1. The zero-order valence-electron chi connectivity index (χ0n) is 15.5. The van der Waals surface area contributed by atoms with E-state index < -0.39 is 0 Å². The Morgan fingerprint density at radius 1 is 1.04 bits per heavy atom. The molecule has 0 spiro atoms. The van der Waals surface area contributed by atoms with Crippen molar-refractivity contribution in [3.63, 3.8) is 0 Å². The van der Waals surface area contributed by atoms with E-state index in [1.54, 1.807) is 0 Å². The number of ether oxygens (including phenoxy) is 2. The van der Waals surface area contributed by atoms with Crippen molar-refractivity contribution in [1.29, 1.82) is 0 Å². The molecule has 2 aliphatic heterocycles. The molecule has 5 heteroatoms. The topological polar surface area (TPSA) is 38.8 Å². The number of Topliss-reactive ketones (excluding diaryl/α,β-unsaturated/α-hetero) is 1. The molecule has 2 heterocycles. The lowest BCUT2D eigenvalue weighted by Gasteiger charge is -2.35. The Morgan fingerprint density at radius 3 is 2.41 bits per heavy atom. The van der Waals surface area contributed by atoms with E-state index in [2.05, 4.69) is 24.0 Å². The van der Waals surface area contributed by atoms with Crippen molar-refractivity contribution in [2.24, 2.45) is 5.92 Å². The van der Waals surface area contributed by atoms with Crippen LogP contribution < -0.4 is 9.47 Å². The minimum absolute atomic E-state index is 0.0706. The second-order valence-corrected chi connectivity index (χ2v) is 7.70. The van der Waals surface area contributed by atoms with Gasteiger partial charge in [0.2, 0.25) is 0 Å². The summed E-state index contributed by atoms with van der Waals surface area (Å²) in [6, 6.07) is 13.9. The van der Waals surface area contributed by atoms with Crippen LogP contribution in [-0.2, 0) is 0 Å². The van der Waals surface area contributed by atoms with Gasteiger partial charge in [0.15, 0.2) is 17.3 Å². The predicted molar refractivity (Wildman–Crippen MR) is 106 cm³/mol. The van der Waals surface area contributed by atoms with Crippen LogP contribution in [0, 0.1) is 5.92 Å². The van der Waals surface area contributed by atoms with Crippen molar-refractivity contribution in [2.75, 3.05) is 26.3 Å². The molecule has 0 aliphatic carbocycles. The van der Waals surface area contributed by atoms with Crippen molar-refractivity contribution in [1.82, 2.24) is 4.90 Å². The molecule has 0 radical (unpaired) electrons. The number of hydrogen-bond donors (Lipinski definition) is 0. The highest BCUT2D eigenvalue weighted by molar-refractivity contribution is 6.30. The Kier molecular flexibility index (Phi) is 5.37. The number of carbonyl (C=O) groups excluding carboxylic acids is 1. The van der Waals surface area contributed by atoms with E-state index in [4.69, 9.17) is 21.1 Å². The Hall–Kier alpha value is -2.04. The molecule has 4 nitrogen and oxygen atoms in total. The van der Waals surface area contributed by atoms with E-state index in [9.17, 15) is 4.79 Å². The maximum atomic E-state index is 12.9. The molecule has 0 N–H and O–H groups in total. The molecule has 0 bridgehead atoms. The van der Waals surface area contributed by atoms with Crippen LogP contribution in [0.5, 0.6) is 11.5 Å². The highest BCUT2D eigenvalue weighted by Crippen LogP contribution is 2.33. The van der Waals surface area contributed by atoms with Gasteiger partial charge >= 0.3 is 0 Å². The van der Waals surface area contributed by atoms with Crippen LogP contribution in [-0.4, -0.2) is 37.0 Å². The third-order valence-corrected chi connectivity index (χ3v) is 5.88. The largest absolute Gasteiger partial charge is 0.486 e. The number of ketones is 1. The Balaban J connectivity index is 1.38. The third kappa shape index (κ3) is 3.97. The van der Waals surface area contributed by atoms with Gasteiger partial charge in [0, 0.05) is 22.5 Å². The first kappa shape index (κ1) is 18.3. The quantitative estimate of drug-likeness (QED) is 0.711. The van der Waals surface area contributed by atoms with Crippen LogP contribution in [0.4, 0.5) is 0 Å². The number of piperidine rings is 1. The average Bonchev–Trinajstić information content (AvgIpc) is 2.73. The summed E-state index contributed by atoms with van der Waals surface area (Å²) in [7, 11) is 0. The molecule has 142 valence electrons. The predicted octanol–water partition coefficient (Wildman–Crippen LogP) is 4.77. The van der Waals surface area contributed by atoms with E-state index >= 15 is 0 Å². The van der Waals surface area contributed by atoms with Crippen LogP contribution >= 0.6 is 11.6 Å². The van der Waals surface area contributed by atoms with Gasteiger partial charge < -0.3 is 9.47 Å². The van der Waals surface area contributed by atoms with Crippen LogP contribution in [0.15, 0.2) is 42.5 Å². The smallest absolute Gasteiger partial charge is 0.166 e. The summed E-state index contributed by atoms with van der Waals surface area (Å²) >= 11 is 5.99. The van der Waals surface area contributed by atoms with Gasteiger partial charge in [-0.05, 0) is 68.8 Å². The first-order chi connectivity index (χ1) is 13.1. The number of fused-ring (bicyclic) bond motifs is 1. The number of halogens is 1. The van der Waals surface area contributed by atoms with Gasteiger partial charge in [0.1, 0.15) is 13.2 Å². The van der Waals surface area contributed by atoms with Crippen LogP contribution in [0.1, 0.15) is 41.7 Å². The maximum absolute atomic E-state index is 12.9. The minimum Gasteiger partial charge on any atom is -0.486 e. The summed E-state index contributed by atoms with van der Waals surface area (Å²) < 4.78 is 11.2. The number of likely N-dealkylation sites (tertiary alicyclic amines) is 1. The fourth-order valence-electron chi connectivity index (χ4n) is 3.93. The van der Waals surface area contributed by atoms with Crippen molar-refractivity contribution in [3.8, 4) is 11.5 Å². The molecule has 0 amide bonds. The molecule has 1 fully saturated rings. The normalized spacial score (nSPS) is 18.9. The van der Waals surface area contributed by atoms with E-state index in [0.29, 0.717) is 25.0 Å². The monoisotopic (exact) mass is 385 g/mol. The molecule has 2 aliphatic rings. The second kappa shape index (κ2) is 7.91. The van der Waals surface area contributed by atoms with Gasteiger partial charge in [-0.1, -0.05) is 23.7 Å². The fourth-order valence-corrected chi connectivity index (χ4v) is 4.06. The summed E-state index contributed by atoms with van der Waals surface area (Å²) in [5, 5.41) is 0.759. The maximum Gasteiger partial charge on any atom is 0.166 e. The number of rotatable bonds is 4. The van der Waals surface area contributed by atoms with E-state index in [1.165, 1.54) is 5.56 Å².